The summed E-state index contributed by atoms with van der Waals surface area (Å²) in [6.45, 7) is 6.47. The highest BCUT2D eigenvalue weighted by Crippen LogP contribution is 2.30. The lowest BCUT2D eigenvalue weighted by Crippen LogP contribution is -2.19. The lowest BCUT2D eigenvalue weighted by molar-refractivity contribution is 0.586. The zero-order valence-electron chi connectivity index (χ0n) is 10.8. The van der Waals surface area contributed by atoms with Gasteiger partial charge in [-0.3, -0.25) is 0 Å². The molecule has 1 nitrogen and oxygen atoms in total. The van der Waals surface area contributed by atoms with Crippen molar-refractivity contribution >= 4 is 33.2 Å². The van der Waals surface area contributed by atoms with Crippen molar-refractivity contribution in [2.24, 2.45) is 0 Å². The molecule has 0 amide bonds. The average molecular weight is 319 g/mol. The van der Waals surface area contributed by atoms with Gasteiger partial charge in [-0.15, -0.1) is 0 Å². The molecular weight excluding hydrogens is 298 g/mol. The molecule has 17 heavy (non-hydrogen) atoms. The van der Waals surface area contributed by atoms with Gasteiger partial charge in [-0.1, -0.05) is 38.3 Å². The van der Waals surface area contributed by atoms with Crippen LogP contribution in [-0.2, 0) is 0 Å². The van der Waals surface area contributed by atoms with Crippen LogP contribution in [-0.4, -0.2) is 6.04 Å². The molecule has 1 rings (SSSR count). The molecule has 0 atom stereocenters. The zero-order valence-corrected chi connectivity index (χ0v) is 13.2. The minimum Gasteiger partial charge on any atom is -0.381 e. The van der Waals surface area contributed by atoms with Gasteiger partial charge in [0.05, 0.1) is 5.69 Å². The molecule has 1 N–H and O–H groups in total. The maximum Gasteiger partial charge on any atom is 0.0501 e. The Balaban J connectivity index is 2.81. The van der Waals surface area contributed by atoms with Gasteiger partial charge in [0.15, 0.2) is 0 Å². The Morgan fingerprint density at radius 1 is 1.24 bits per heavy atom. The topological polar surface area (TPSA) is 12.0 Å². The molecule has 0 spiro atoms. The summed E-state index contributed by atoms with van der Waals surface area (Å²) in [6.07, 6.45) is 4.81. The van der Waals surface area contributed by atoms with Crippen molar-refractivity contribution < 1.29 is 0 Å². The number of hydrogen-bond acceptors (Lipinski definition) is 1. The zero-order chi connectivity index (χ0) is 12.8. The second kappa shape index (κ2) is 7.27. The number of aryl methyl sites for hydroxylation is 1. The second-order valence-corrected chi connectivity index (χ2v) is 5.76. The van der Waals surface area contributed by atoms with E-state index in [-0.39, 0.29) is 0 Å². The van der Waals surface area contributed by atoms with Gasteiger partial charge in [-0.05, 0) is 53.4 Å². The van der Waals surface area contributed by atoms with Crippen LogP contribution in [0.15, 0.2) is 16.6 Å². The number of hydrogen-bond donors (Lipinski definition) is 1. The minimum atomic E-state index is 0.542. The van der Waals surface area contributed by atoms with E-state index in [0.717, 1.165) is 20.7 Å². The van der Waals surface area contributed by atoms with Crippen molar-refractivity contribution in [1.82, 2.24) is 0 Å². The summed E-state index contributed by atoms with van der Waals surface area (Å²) in [7, 11) is 0. The number of benzene rings is 1. The highest BCUT2D eigenvalue weighted by Gasteiger charge is 2.10. The molecule has 0 unspecified atom stereocenters. The maximum absolute atomic E-state index is 6.16. The van der Waals surface area contributed by atoms with Crippen LogP contribution in [0.25, 0.3) is 0 Å². The summed E-state index contributed by atoms with van der Waals surface area (Å²) < 4.78 is 1.09. The number of rotatable bonds is 6. The molecule has 0 heterocycles. The molecule has 96 valence electrons. The van der Waals surface area contributed by atoms with Gasteiger partial charge in [-0.25, -0.2) is 0 Å². The van der Waals surface area contributed by atoms with Crippen LogP contribution < -0.4 is 5.32 Å². The molecule has 0 fully saturated rings. The Labute approximate surface area is 118 Å². The molecule has 0 aliphatic rings. The maximum atomic E-state index is 6.16. The molecule has 1 aromatic carbocycles. The van der Waals surface area contributed by atoms with Crippen LogP contribution >= 0.6 is 27.5 Å². The molecule has 0 saturated carbocycles. The van der Waals surface area contributed by atoms with Crippen molar-refractivity contribution in [2.45, 2.75) is 52.5 Å². The van der Waals surface area contributed by atoms with Gasteiger partial charge >= 0.3 is 0 Å². The summed E-state index contributed by atoms with van der Waals surface area (Å²) in [4.78, 5) is 0. The van der Waals surface area contributed by atoms with E-state index in [4.69, 9.17) is 11.6 Å². The predicted molar refractivity (Wildman–Crippen MR) is 81.1 cm³/mol. The average Bonchev–Trinajstić information content (AvgIpc) is 2.26. The van der Waals surface area contributed by atoms with Crippen LogP contribution in [0, 0.1) is 6.92 Å². The fraction of sp³-hybridized carbons (Fsp3) is 0.571. The molecular formula is C14H21BrClN. The Hall–Kier alpha value is -0.210. The van der Waals surface area contributed by atoms with Crippen molar-refractivity contribution in [2.75, 3.05) is 5.32 Å². The first kappa shape index (κ1) is 14.8. The van der Waals surface area contributed by atoms with Gasteiger partial charge in [-0.2, -0.15) is 0 Å². The SMILES string of the molecule is CCCC(CCC)Nc1cc(Cl)c(C)cc1Br. The fourth-order valence-corrected chi connectivity index (χ4v) is 2.70. The van der Waals surface area contributed by atoms with Gasteiger partial charge in [0.1, 0.15) is 0 Å². The first-order valence-electron chi connectivity index (χ1n) is 6.30. The van der Waals surface area contributed by atoms with E-state index < -0.39 is 0 Å². The molecule has 0 saturated heterocycles. The van der Waals surface area contributed by atoms with Crippen LogP contribution in [0.5, 0.6) is 0 Å². The molecule has 0 aromatic heterocycles. The molecule has 0 aliphatic carbocycles. The van der Waals surface area contributed by atoms with Gasteiger partial charge in [0.25, 0.3) is 0 Å². The van der Waals surface area contributed by atoms with Crippen LogP contribution in [0.4, 0.5) is 5.69 Å². The van der Waals surface area contributed by atoms with Gasteiger partial charge in [0, 0.05) is 15.5 Å². The summed E-state index contributed by atoms with van der Waals surface area (Å²) in [5.41, 5.74) is 2.21. The Bertz CT molecular complexity index is 359. The summed E-state index contributed by atoms with van der Waals surface area (Å²) >= 11 is 9.75. The monoisotopic (exact) mass is 317 g/mol. The van der Waals surface area contributed by atoms with E-state index in [9.17, 15) is 0 Å². The van der Waals surface area contributed by atoms with Crippen molar-refractivity contribution in [3.63, 3.8) is 0 Å². The van der Waals surface area contributed by atoms with Crippen LogP contribution in [0.1, 0.15) is 45.1 Å². The molecule has 3 heteroatoms. The van der Waals surface area contributed by atoms with Crippen LogP contribution in [0.3, 0.4) is 0 Å². The fourth-order valence-electron chi connectivity index (χ4n) is 1.96. The first-order valence-corrected chi connectivity index (χ1v) is 7.47. The normalized spacial score (nSPS) is 10.9. The lowest BCUT2D eigenvalue weighted by atomic mass is 10.1. The Kier molecular flexibility index (Phi) is 6.35. The van der Waals surface area contributed by atoms with Crippen molar-refractivity contribution in [3.05, 3.63) is 27.2 Å². The van der Waals surface area contributed by atoms with Gasteiger partial charge in [0.2, 0.25) is 0 Å². The molecule has 0 bridgehead atoms. The van der Waals surface area contributed by atoms with E-state index in [1.54, 1.807) is 0 Å². The van der Waals surface area contributed by atoms with E-state index in [1.165, 1.54) is 25.7 Å². The summed E-state index contributed by atoms with van der Waals surface area (Å²) in [6, 6.07) is 4.62. The number of anilines is 1. The quantitative estimate of drug-likeness (QED) is 0.700. The third-order valence-corrected chi connectivity index (χ3v) is 3.95. The largest absolute Gasteiger partial charge is 0.381 e. The van der Waals surface area contributed by atoms with Crippen LogP contribution in [0.2, 0.25) is 5.02 Å². The number of halogens is 2. The van der Waals surface area contributed by atoms with Crippen molar-refractivity contribution in [1.29, 1.82) is 0 Å². The van der Waals surface area contributed by atoms with E-state index in [1.807, 2.05) is 13.0 Å². The standard InChI is InChI=1S/C14H21BrClN/c1-4-6-11(7-5-2)17-14-9-13(16)10(3)8-12(14)15/h8-9,11,17H,4-7H2,1-3H3. The third-order valence-electron chi connectivity index (χ3n) is 2.88. The van der Waals surface area contributed by atoms with Gasteiger partial charge < -0.3 is 5.32 Å². The smallest absolute Gasteiger partial charge is 0.0501 e. The van der Waals surface area contributed by atoms with E-state index in [2.05, 4.69) is 41.2 Å². The highest BCUT2D eigenvalue weighted by molar-refractivity contribution is 9.10. The summed E-state index contributed by atoms with van der Waals surface area (Å²) in [5.74, 6) is 0. The van der Waals surface area contributed by atoms with Crippen molar-refractivity contribution in [3.8, 4) is 0 Å². The molecule has 0 radical (unpaired) electrons. The number of nitrogens with one attached hydrogen (secondary N) is 1. The summed E-state index contributed by atoms with van der Waals surface area (Å²) in [5, 5.41) is 4.41. The molecule has 0 aliphatic heterocycles. The Morgan fingerprint density at radius 2 is 1.82 bits per heavy atom. The Morgan fingerprint density at radius 3 is 2.35 bits per heavy atom. The second-order valence-electron chi connectivity index (χ2n) is 4.50. The predicted octanol–water partition coefficient (Wildman–Crippen LogP) is 5.79. The first-order chi connectivity index (χ1) is 8.08. The van der Waals surface area contributed by atoms with E-state index in [0.29, 0.717) is 6.04 Å². The van der Waals surface area contributed by atoms with E-state index >= 15 is 0 Å². The third kappa shape index (κ3) is 4.51. The minimum absolute atomic E-state index is 0.542. The highest BCUT2D eigenvalue weighted by atomic mass is 79.9. The molecule has 1 aromatic rings. The lowest BCUT2D eigenvalue weighted by Gasteiger charge is -2.20.